The molecule has 1 amide bonds. The number of nitrogens with one attached hydrogen (secondary N) is 3. The molecule has 3 N–H and O–H groups in total. The van der Waals surface area contributed by atoms with Crippen LogP contribution in [0.2, 0.25) is 0 Å². The van der Waals surface area contributed by atoms with Crippen molar-refractivity contribution < 1.29 is 9.32 Å². The number of hydrogen-bond acceptors (Lipinski definition) is 7. The van der Waals surface area contributed by atoms with Crippen molar-refractivity contribution in [2.75, 3.05) is 18.4 Å². The van der Waals surface area contributed by atoms with Crippen LogP contribution in [-0.2, 0) is 17.6 Å². The van der Waals surface area contributed by atoms with Gasteiger partial charge in [0.25, 0.3) is 5.56 Å². The average Bonchev–Trinajstić information content (AvgIpc) is 3.29. The molecule has 0 saturated heterocycles. The number of halogens is 1. The van der Waals surface area contributed by atoms with Gasteiger partial charge in [0.1, 0.15) is 0 Å². The highest BCUT2D eigenvalue weighted by atomic mass is 79.9. The van der Waals surface area contributed by atoms with Crippen LogP contribution in [0.15, 0.2) is 62.3 Å². The van der Waals surface area contributed by atoms with Gasteiger partial charge in [-0.05, 0) is 36.6 Å². The van der Waals surface area contributed by atoms with E-state index in [1.807, 2.05) is 42.5 Å². The number of aryl methyl sites for hydroxylation is 1. The quantitative estimate of drug-likeness (QED) is 0.256. The van der Waals surface area contributed by atoms with Crippen molar-refractivity contribution in [2.45, 2.75) is 32.1 Å². The lowest BCUT2D eigenvalue weighted by Gasteiger charge is -2.08. The lowest BCUT2D eigenvalue weighted by Crippen LogP contribution is -2.25. The van der Waals surface area contributed by atoms with Crippen molar-refractivity contribution in [1.29, 1.82) is 0 Å². The highest BCUT2D eigenvalue weighted by Crippen LogP contribution is 2.16. The third-order valence-electron chi connectivity index (χ3n) is 5.24. The highest BCUT2D eigenvalue weighted by Gasteiger charge is 2.09. The summed E-state index contributed by atoms with van der Waals surface area (Å²) in [6.07, 6.45) is 2.92. The molecule has 4 aromatic rings. The molecule has 0 radical (unpaired) electrons. The molecule has 10 heteroatoms. The van der Waals surface area contributed by atoms with Crippen molar-refractivity contribution in [2.24, 2.45) is 0 Å². The molecule has 0 unspecified atom stereocenters. The number of hydrogen-bond donors (Lipinski definition) is 3. The summed E-state index contributed by atoms with van der Waals surface area (Å²) in [4.78, 5) is 28.3. The maximum absolute atomic E-state index is 12.1. The third-order valence-corrected chi connectivity index (χ3v) is 5.77. The number of nitrogens with zero attached hydrogens (tertiary/aromatic N) is 3. The number of carbonyl (C=O) groups is 1. The Kier molecular flexibility index (Phi) is 8.03. The number of aromatic amines is 1. The average molecular weight is 525 g/mol. The Morgan fingerprint density at radius 2 is 1.82 bits per heavy atom. The third kappa shape index (κ3) is 6.50. The molecule has 0 aliphatic rings. The van der Waals surface area contributed by atoms with E-state index in [-0.39, 0.29) is 11.5 Å². The largest absolute Gasteiger partial charge is 0.368 e. The zero-order valence-corrected chi connectivity index (χ0v) is 20.1. The fourth-order valence-electron chi connectivity index (χ4n) is 3.51. The summed E-state index contributed by atoms with van der Waals surface area (Å²) in [6, 6.07) is 15.3. The summed E-state index contributed by atoms with van der Waals surface area (Å²) < 4.78 is 6.32. The molecule has 0 saturated carbocycles. The number of anilines is 1. The minimum Gasteiger partial charge on any atom is -0.368 e. The van der Waals surface area contributed by atoms with Crippen LogP contribution < -0.4 is 16.2 Å². The van der Waals surface area contributed by atoms with Crippen LogP contribution in [0, 0.1) is 0 Å². The molecule has 2 aromatic carbocycles. The van der Waals surface area contributed by atoms with Crippen LogP contribution in [0.25, 0.3) is 10.8 Å². The van der Waals surface area contributed by atoms with Crippen LogP contribution >= 0.6 is 15.9 Å². The summed E-state index contributed by atoms with van der Waals surface area (Å²) >= 11 is 3.42. The molecule has 0 atom stereocenters. The molecule has 2 aromatic heterocycles. The number of benzene rings is 2. The summed E-state index contributed by atoms with van der Waals surface area (Å²) in [6.45, 7) is 1.16. The van der Waals surface area contributed by atoms with Gasteiger partial charge in [-0.25, -0.2) is 5.10 Å². The minimum absolute atomic E-state index is 0.0118. The molecule has 4 rings (SSSR count). The fraction of sp³-hybridized carbons (Fsp3) is 0.292. The lowest BCUT2D eigenvalue weighted by molar-refractivity contribution is -0.121. The van der Waals surface area contributed by atoms with E-state index in [0.717, 1.165) is 21.8 Å². The van der Waals surface area contributed by atoms with Crippen molar-refractivity contribution in [3.8, 4) is 0 Å². The zero-order chi connectivity index (χ0) is 23.8. The second kappa shape index (κ2) is 11.6. The predicted octanol–water partition coefficient (Wildman–Crippen LogP) is 3.60. The van der Waals surface area contributed by atoms with Gasteiger partial charge in [-0.1, -0.05) is 51.4 Å². The maximum Gasteiger partial charge on any atom is 0.272 e. The molecule has 0 aliphatic carbocycles. The van der Waals surface area contributed by atoms with Crippen LogP contribution in [0.1, 0.15) is 36.5 Å². The van der Waals surface area contributed by atoms with Gasteiger partial charge >= 0.3 is 0 Å². The molecule has 2 heterocycles. The van der Waals surface area contributed by atoms with E-state index in [9.17, 15) is 9.59 Å². The Morgan fingerprint density at radius 1 is 1.03 bits per heavy atom. The van der Waals surface area contributed by atoms with Crippen LogP contribution in [0.5, 0.6) is 0 Å². The molecule has 0 bridgehead atoms. The first-order chi connectivity index (χ1) is 16.6. The Balaban J connectivity index is 1.12. The first-order valence-electron chi connectivity index (χ1n) is 11.1. The molecule has 0 spiro atoms. The second-order valence-electron chi connectivity index (χ2n) is 7.84. The molecule has 9 nitrogen and oxygen atoms in total. The monoisotopic (exact) mass is 524 g/mol. The van der Waals surface area contributed by atoms with Crippen molar-refractivity contribution in [1.82, 2.24) is 25.7 Å². The Hall–Kier alpha value is -3.53. The van der Waals surface area contributed by atoms with Gasteiger partial charge in [-0.2, -0.15) is 10.1 Å². The summed E-state index contributed by atoms with van der Waals surface area (Å²) in [7, 11) is 0. The van der Waals surface area contributed by atoms with E-state index in [4.69, 9.17) is 4.52 Å². The van der Waals surface area contributed by atoms with Crippen molar-refractivity contribution >= 4 is 38.4 Å². The zero-order valence-electron chi connectivity index (χ0n) is 18.5. The normalized spacial score (nSPS) is 11.0. The number of H-pyrrole nitrogens is 1. The summed E-state index contributed by atoms with van der Waals surface area (Å²) in [5.41, 5.74) is 0.892. The molecular formula is C24H25BrN6O3. The number of carbonyl (C=O) groups excluding carboxylic acids is 1. The second-order valence-corrected chi connectivity index (χ2v) is 8.75. The standard InChI is InChI=1S/C24H25BrN6O3/c25-17-11-9-16(10-12-17)15-20-28-22(34-31-20)8-3-7-21(32)26-13-4-14-27-23-18-5-1-2-6-19(18)24(33)30-29-23/h1-2,5-6,9-12H,3-4,7-8,13-15H2,(H,26,32)(H,27,29)(H,30,33). The van der Waals surface area contributed by atoms with Gasteiger partial charge < -0.3 is 15.2 Å². The van der Waals surface area contributed by atoms with Crippen LogP contribution in [0.4, 0.5) is 5.82 Å². The van der Waals surface area contributed by atoms with Crippen LogP contribution in [0.3, 0.4) is 0 Å². The van der Waals surface area contributed by atoms with E-state index >= 15 is 0 Å². The van der Waals surface area contributed by atoms with E-state index in [1.54, 1.807) is 6.07 Å². The van der Waals surface area contributed by atoms with E-state index in [0.29, 0.717) is 61.7 Å². The number of amides is 1. The SMILES string of the molecule is O=C(CCCc1nc(Cc2ccc(Br)cc2)no1)NCCCNc1n[nH]c(=O)c2ccccc12. The predicted molar refractivity (Wildman–Crippen MR) is 133 cm³/mol. The fourth-order valence-corrected chi connectivity index (χ4v) is 3.77. The molecule has 0 fully saturated rings. The van der Waals surface area contributed by atoms with Gasteiger partial charge in [0.05, 0.1) is 5.39 Å². The topological polar surface area (TPSA) is 126 Å². The number of fused-ring (bicyclic) bond motifs is 1. The first-order valence-corrected chi connectivity index (χ1v) is 11.9. The number of aromatic nitrogens is 4. The minimum atomic E-state index is -0.213. The highest BCUT2D eigenvalue weighted by molar-refractivity contribution is 9.10. The van der Waals surface area contributed by atoms with Crippen LogP contribution in [-0.4, -0.2) is 39.3 Å². The van der Waals surface area contributed by atoms with Gasteiger partial charge in [0.15, 0.2) is 11.6 Å². The van der Waals surface area contributed by atoms with Crippen molar-refractivity contribution in [3.63, 3.8) is 0 Å². The Morgan fingerprint density at radius 3 is 2.65 bits per heavy atom. The van der Waals surface area contributed by atoms with Gasteiger partial charge in [-0.3, -0.25) is 9.59 Å². The van der Waals surface area contributed by atoms with Gasteiger partial charge in [-0.15, -0.1) is 0 Å². The maximum atomic E-state index is 12.1. The summed E-state index contributed by atoms with van der Waals surface area (Å²) in [5, 5.41) is 18.1. The molecule has 0 aliphatic heterocycles. The van der Waals surface area contributed by atoms with E-state index < -0.39 is 0 Å². The number of rotatable bonds is 11. The van der Waals surface area contributed by atoms with Gasteiger partial charge in [0, 0.05) is 42.2 Å². The lowest BCUT2D eigenvalue weighted by atomic mass is 10.1. The smallest absolute Gasteiger partial charge is 0.272 e. The summed E-state index contributed by atoms with van der Waals surface area (Å²) in [5.74, 6) is 1.80. The van der Waals surface area contributed by atoms with E-state index in [1.165, 1.54) is 0 Å². The molecular weight excluding hydrogens is 500 g/mol. The molecule has 176 valence electrons. The van der Waals surface area contributed by atoms with Crippen molar-refractivity contribution in [3.05, 3.63) is 80.6 Å². The first kappa shape index (κ1) is 23.6. The van der Waals surface area contributed by atoms with Gasteiger partial charge in [0.2, 0.25) is 11.8 Å². The van der Waals surface area contributed by atoms with E-state index in [2.05, 4.69) is 46.9 Å². The Labute approximate surface area is 204 Å². The Bertz CT molecular complexity index is 1300. The molecule has 34 heavy (non-hydrogen) atoms.